The molecule has 6 nitrogen and oxygen atoms in total. The van der Waals surface area contributed by atoms with Gasteiger partial charge in [0.05, 0.1) is 11.5 Å². The van der Waals surface area contributed by atoms with Crippen LogP contribution in [-0.2, 0) is 21.0 Å². The maximum atomic E-state index is 12.3. The van der Waals surface area contributed by atoms with Crippen molar-refractivity contribution < 1.29 is 19.2 Å². The largest absolute Gasteiger partial charge is 0.294 e. The van der Waals surface area contributed by atoms with E-state index in [0.717, 1.165) is 41.5 Å². The van der Waals surface area contributed by atoms with E-state index < -0.39 is 23.1 Å². The fraction of sp³-hybridized carbons (Fsp3) is 0.389. The normalized spacial score (nSPS) is 17.2. The Balaban J connectivity index is 1.89. The van der Waals surface area contributed by atoms with Gasteiger partial charge in [0.25, 0.3) is 17.1 Å². The molecule has 1 saturated heterocycles. The van der Waals surface area contributed by atoms with Crippen LogP contribution in [0.3, 0.4) is 0 Å². The highest BCUT2D eigenvalue weighted by Crippen LogP contribution is 2.32. The highest BCUT2D eigenvalue weighted by Gasteiger charge is 2.40. The summed E-state index contributed by atoms with van der Waals surface area (Å²) in [6.45, 7) is 3.77. The highest BCUT2D eigenvalue weighted by atomic mass is 32.2. The number of benzene rings is 1. The van der Waals surface area contributed by atoms with Crippen molar-refractivity contribution in [2.45, 2.75) is 45.8 Å². The summed E-state index contributed by atoms with van der Waals surface area (Å²) in [4.78, 5) is 43.1. The number of rotatable bonds is 8. The number of hydrogen-bond donors (Lipinski definition) is 1. The molecular weight excluding hydrogens is 340 g/mol. The summed E-state index contributed by atoms with van der Waals surface area (Å²) in [5.74, 6) is -0.954. The second-order valence-electron chi connectivity index (χ2n) is 5.67. The molecule has 0 aromatic heterocycles. The second-order valence-corrected chi connectivity index (χ2v) is 6.66. The minimum atomic E-state index is -0.930. The maximum absolute atomic E-state index is 12.3. The Morgan fingerprint density at radius 3 is 2.72 bits per heavy atom. The molecule has 0 bridgehead atoms. The number of carbonyl (C=O) groups excluding carboxylic acids is 3. The van der Waals surface area contributed by atoms with Crippen molar-refractivity contribution >= 4 is 28.8 Å². The molecule has 1 aromatic carbocycles. The zero-order valence-corrected chi connectivity index (χ0v) is 15.2. The minimum Gasteiger partial charge on any atom is -0.270 e. The van der Waals surface area contributed by atoms with E-state index >= 15 is 0 Å². The van der Waals surface area contributed by atoms with Crippen LogP contribution in [-0.4, -0.2) is 28.0 Å². The van der Waals surface area contributed by atoms with Gasteiger partial charge in [-0.2, -0.15) is 0 Å². The lowest BCUT2D eigenvalue weighted by Crippen LogP contribution is -2.47. The summed E-state index contributed by atoms with van der Waals surface area (Å²) in [7, 11) is 0. The van der Waals surface area contributed by atoms with Crippen molar-refractivity contribution in [2.24, 2.45) is 0 Å². The second kappa shape index (κ2) is 9.39. The Morgan fingerprint density at radius 2 is 2.04 bits per heavy atom. The number of hydroxylamine groups is 1. The summed E-state index contributed by atoms with van der Waals surface area (Å²) >= 11 is 0.876. The lowest BCUT2D eigenvalue weighted by molar-refractivity contribution is -0.142. The molecule has 1 aromatic rings. The van der Waals surface area contributed by atoms with Crippen LogP contribution in [0.4, 0.5) is 4.79 Å². The van der Waals surface area contributed by atoms with E-state index in [-0.39, 0.29) is 6.61 Å². The molecule has 1 N–H and O–H groups in total. The molecule has 1 heterocycles. The van der Waals surface area contributed by atoms with Crippen molar-refractivity contribution in [3.05, 3.63) is 46.9 Å². The molecule has 1 unspecified atom stereocenters. The predicted molar refractivity (Wildman–Crippen MR) is 96.3 cm³/mol. The molecule has 1 aliphatic rings. The van der Waals surface area contributed by atoms with Gasteiger partial charge in [-0.1, -0.05) is 56.2 Å². The molecule has 0 radical (unpaired) electrons. The average Bonchev–Trinajstić information content (AvgIpc) is 2.89. The van der Waals surface area contributed by atoms with Crippen LogP contribution in [0.15, 0.2) is 41.3 Å². The third kappa shape index (κ3) is 5.17. The van der Waals surface area contributed by atoms with Crippen molar-refractivity contribution in [1.82, 2.24) is 10.4 Å². The molecule has 0 aliphatic carbocycles. The molecule has 25 heavy (non-hydrogen) atoms. The Bertz CT molecular complexity index is 660. The zero-order chi connectivity index (χ0) is 18.2. The van der Waals surface area contributed by atoms with Gasteiger partial charge in [-0.05, 0) is 30.7 Å². The third-order valence-corrected chi connectivity index (χ3v) is 4.66. The molecular formula is C18H22N2O4S. The highest BCUT2D eigenvalue weighted by molar-refractivity contribution is 8.18. The van der Waals surface area contributed by atoms with Crippen LogP contribution in [0, 0.1) is 0 Å². The first kappa shape index (κ1) is 19.2. The number of amides is 3. The number of thioether (sulfide) groups is 1. The van der Waals surface area contributed by atoms with Gasteiger partial charge in [0.1, 0.15) is 6.04 Å². The van der Waals surface area contributed by atoms with E-state index in [1.54, 1.807) is 6.08 Å². The van der Waals surface area contributed by atoms with Gasteiger partial charge in [-0.25, -0.2) is 5.48 Å². The lowest BCUT2D eigenvalue weighted by Gasteiger charge is -2.20. The number of hydrogen-bond acceptors (Lipinski definition) is 5. The van der Waals surface area contributed by atoms with Crippen molar-refractivity contribution in [1.29, 1.82) is 0 Å². The van der Waals surface area contributed by atoms with Gasteiger partial charge in [0.2, 0.25) is 0 Å². The van der Waals surface area contributed by atoms with Gasteiger partial charge >= 0.3 is 0 Å². The van der Waals surface area contributed by atoms with Crippen LogP contribution in [0.5, 0.6) is 0 Å². The summed E-state index contributed by atoms with van der Waals surface area (Å²) in [6, 6.07) is 8.43. The van der Waals surface area contributed by atoms with Crippen LogP contribution < -0.4 is 5.48 Å². The van der Waals surface area contributed by atoms with E-state index in [4.69, 9.17) is 4.84 Å². The summed E-state index contributed by atoms with van der Waals surface area (Å²) in [5.41, 5.74) is 3.21. The number of imide groups is 1. The molecule has 0 saturated carbocycles. The Morgan fingerprint density at radius 1 is 1.32 bits per heavy atom. The smallest absolute Gasteiger partial charge is 0.270 e. The molecule has 3 amide bonds. The molecule has 1 atom stereocenters. The van der Waals surface area contributed by atoms with E-state index in [0.29, 0.717) is 4.91 Å². The Labute approximate surface area is 151 Å². The SMILES string of the molecule is CCCC/C=C1\SC(=O)N(C(C)C(=O)NOCc2ccccc2)C1=O. The Kier molecular flexibility index (Phi) is 7.21. The first-order valence-electron chi connectivity index (χ1n) is 8.25. The third-order valence-electron chi connectivity index (χ3n) is 3.73. The fourth-order valence-corrected chi connectivity index (χ4v) is 3.17. The van der Waals surface area contributed by atoms with Crippen LogP contribution in [0.25, 0.3) is 0 Å². The number of unbranched alkanes of at least 4 members (excludes halogenated alkanes) is 2. The summed E-state index contributed by atoms with van der Waals surface area (Å²) < 4.78 is 0. The van der Waals surface area contributed by atoms with Crippen molar-refractivity contribution in [2.75, 3.05) is 0 Å². The topological polar surface area (TPSA) is 75.7 Å². The van der Waals surface area contributed by atoms with Gasteiger partial charge in [0, 0.05) is 0 Å². The Hall–Kier alpha value is -2.12. The number of carbonyl (C=O) groups is 3. The first-order chi connectivity index (χ1) is 12.0. The van der Waals surface area contributed by atoms with Crippen molar-refractivity contribution in [3.63, 3.8) is 0 Å². The predicted octanol–water partition coefficient (Wildman–Crippen LogP) is 3.39. The fourth-order valence-electron chi connectivity index (χ4n) is 2.26. The van der Waals surface area contributed by atoms with E-state index in [9.17, 15) is 14.4 Å². The van der Waals surface area contributed by atoms with E-state index in [1.165, 1.54) is 6.92 Å². The van der Waals surface area contributed by atoms with Crippen LogP contribution in [0.2, 0.25) is 0 Å². The molecule has 0 spiro atoms. The van der Waals surface area contributed by atoms with Gasteiger partial charge in [-0.15, -0.1) is 0 Å². The molecule has 1 aliphatic heterocycles. The van der Waals surface area contributed by atoms with Crippen molar-refractivity contribution in [3.8, 4) is 0 Å². The summed E-state index contributed by atoms with van der Waals surface area (Å²) in [5, 5.41) is -0.432. The molecule has 134 valence electrons. The first-order valence-corrected chi connectivity index (χ1v) is 9.07. The monoisotopic (exact) mass is 362 g/mol. The maximum Gasteiger partial charge on any atom is 0.294 e. The van der Waals surface area contributed by atoms with Gasteiger partial charge < -0.3 is 0 Å². The zero-order valence-electron chi connectivity index (χ0n) is 14.4. The number of nitrogens with one attached hydrogen (secondary N) is 1. The standard InChI is InChI=1S/C18H22N2O4S/c1-3-4-6-11-15-17(22)20(18(23)25-15)13(2)16(21)19-24-12-14-9-7-5-8-10-14/h5,7-11,13H,3-4,6,12H2,1-2H3,(H,19,21)/b15-11-. The van der Waals surface area contributed by atoms with E-state index in [1.807, 2.05) is 30.3 Å². The minimum absolute atomic E-state index is 0.206. The van der Waals surface area contributed by atoms with Gasteiger partial charge in [-0.3, -0.25) is 24.1 Å². The van der Waals surface area contributed by atoms with E-state index in [2.05, 4.69) is 12.4 Å². The lowest BCUT2D eigenvalue weighted by atomic mass is 10.2. The summed E-state index contributed by atoms with van der Waals surface area (Å²) in [6.07, 6.45) is 4.48. The quantitative estimate of drug-likeness (QED) is 0.436. The molecule has 7 heteroatoms. The molecule has 2 rings (SSSR count). The molecule has 1 fully saturated rings. The van der Waals surface area contributed by atoms with Crippen LogP contribution in [0.1, 0.15) is 38.7 Å². The van der Waals surface area contributed by atoms with Crippen LogP contribution >= 0.6 is 11.8 Å². The average molecular weight is 362 g/mol. The number of allylic oxidation sites excluding steroid dienone is 1. The van der Waals surface area contributed by atoms with Gasteiger partial charge in [0.15, 0.2) is 0 Å². The number of nitrogens with zero attached hydrogens (tertiary/aromatic N) is 1.